The third-order valence-corrected chi connectivity index (χ3v) is 10.3. The zero-order chi connectivity index (χ0) is 35.2. The molecule has 1 aliphatic rings. The fourth-order valence-corrected chi connectivity index (χ4v) is 8.00. The molecule has 0 atom stereocenters. The molecule has 5 aromatic carbocycles. The molecule has 1 aliphatic carbocycles. The van der Waals surface area contributed by atoms with Crippen molar-refractivity contribution in [2.75, 3.05) is 5.32 Å². The van der Waals surface area contributed by atoms with E-state index in [2.05, 4.69) is 150 Å². The number of carbonyl (C=O) groups is 1. The van der Waals surface area contributed by atoms with Crippen LogP contribution in [0.2, 0.25) is 0 Å². The smallest absolute Gasteiger partial charge is 0.317 e. The summed E-state index contributed by atoms with van der Waals surface area (Å²) in [5.41, 5.74) is 8.45. The van der Waals surface area contributed by atoms with E-state index < -0.39 is 5.54 Å². The lowest BCUT2D eigenvalue weighted by Crippen LogP contribution is -2.42. The van der Waals surface area contributed by atoms with Gasteiger partial charge in [-0.2, -0.15) is 0 Å². The van der Waals surface area contributed by atoms with Gasteiger partial charge >= 0.3 is 6.03 Å². The van der Waals surface area contributed by atoms with Gasteiger partial charge in [-0.3, -0.25) is 0 Å². The molecule has 1 fully saturated rings. The first-order chi connectivity index (χ1) is 24.9. The normalized spacial score (nSPS) is 13.8. The summed E-state index contributed by atoms with van der Waals surface area (Å²) in [6.07, 6.45) is 6.70. The van der Waals surface area contributed by atoms with Gasteiger partial charge in [0, 0.05) is 23.8 Å². The van der Waals surface area contributed by atoms with Crippen molar-refractivity contribution in [3.05, 3.63) is 166 Å². The van der Waals surface area contributed by atoms with Crippen LogP contribution in [0.3, 0.4) is 0 Å². The molecule has 0 unspecified atom stereocenters. The minimum absolute atomic E-state index is 0.0524. The number of anilines is 1. The molecule has 0 bridgehead atoms. The van der Waals surface area contributed by atoms with Crippen molar-refractivity contribution in [2.45, 2.75) is 77.4 Å². The molecule has 1 heterocycles. The van der Waals surface area contributed by atoms with Gasteiger partial charge in [-0.05, 0) is 83.5 Å². The van der Waals surface area contributed by atoms with Crippen molar-refractivity contribution < 1.29 is 4.79 Å². The number of aromatic nitrogens is 4. The van der Waals surface area contributed by atoms with E-state index in [9.17, 15) is 4.79 Å². The SMILES string of the molecule is Cc1cc(C)c(NC(=O)N(Cc2cccc(-c3nnnn3C(c3ccccc3)(c3ccccc3)c3ccccc3)c2)C2CCCCCC2)c(C)c1. The topological polar surface area (TPSA) is 75.9 Å². The second-order valence-corrected chi connectivity index (χ2v) is 13.9. The van der Waals surface area contributed by atoms with Crippen molar-refractivity contribution in [3.63, 3.8) is 0 Å². The number of benzene rings is 5. The molecular weight excluding hydrogens is 629 g/mol. The molecular formula is C44H46N6O. The summed E-state index contributed by atoms with van der Waals surface area (Å²) >= 11 is 0. The summed E-state index contributed by atoms with van der Waals surface area (Å²) in [6, 6.07) is 44.1. The molecule has 0 aliphatic heterocycles. The zero-order valence-corrected chi connectivity index (χ0v) is 29.8. The number of rotatable bonds is 9. The Labute approximate surface area is 301 Å². The number of tetrazole rings is 1. The Kier molecular flexibility index (Phi) is 10.1. The first-order valence-corrected chi connectivity index (χ1v) is 18.2. The summed E-state index contributed by atoms with van der Waals surface area (Å²) in [7, 11) is 0. The summed E-state index contributed by atoms with van der Waals surface area (Å²) in [5, 5.41) is 17.0. The average Bonchev–Trinajstić information content (AvgIpc) is 3.49. The van der Waals surface area contributed by atoms with E-state index >= 15 is 0 Å². The van der Waals surface area contributed by atoms with E-state index in [1.54, 1.807) is 0 Å². The number of amides is 2. The van der Waals surface area contributed by atoms with Crippen LogP contribution in [0.1, 0.15) is 77.5 Å². The monoisotopic (exact) mass is 674 g/mol. The van der Waals surface area contributed by atoms with Gasteiger partial charge in [0.15, 0.2) is 5.82 Å². The lowest BCUT2D eigenvalue weighted by Gasteiger charge is -2.36. The van der Waals surface area contributed by atoms with Crippen molar-refractivity contribution in [3.8, 4) is 11.4 Å². The molecule has 1 N–H and O–H groups in total. The molecule has 1 aromatic heterocycles. The van der Waals surface area contributed by atoms with E-state index in [1.165, 1.54) is 18.4 Å². The van der Waals surface area contributed by atoms with Crippen LogP contribution in [0, 0.1) is 20.8 Å². The van der Waals surface area contributed by atoms with Crippen molar-refractivity contribution in [2.24, 2.45) is 0 Å². The molecule has 7 rings (SSSR count). The number of carbonyl (C=O) groups excluding carboxylic acids is 1. The van der Waals surface area contributed by atoms with Crippen LogP contribution >= 0.6 is 0 Å². The molecule has 0 spiro atoms. The van der Waals surface area contributed by atoms with Crippen LogP contribution in [-0.2, 0) is 12.1 Å². The number of hydrogen-bond donors (Lipinski definition) is 1. The van der Waals surface area contributed by atoms with Gasteiger partial charge in [0.05, 0.1) is 0 Å². The van der Waals surface area contributed by atoms with Crippen molar-refractivity contribution >= 4 is 11.7 Å². The highest BCUT2D eigenvalue weighted by Gasteiger charge is 2.42. The first-order valence-electron chi connectivity index (χ1n) is 18.2. The fourth-order valence-electron chi connectivity index (χ4n) is 8.00. The maximum Gasteiger partial charge on any atom is 0.322 e. The van der Waals surface area contributed by atoms with Gasteiger partial charge in [0.1, 0.15) is 5.54 Å². The Morgan fingerprint density at radius 3 is 1.82 bits per heavy atom. The Balaban J connectivity index is 1.30. The maximum absolute atomic E-state index is 14.3. The third-order valence-electron chi connectivity index (χ3n) is 10.3. The number of urea groups is 1. The van der Waals surface area contributed by atoms with Gasteiger partial charge in [-0.1, -0.05) is 153 Å². The van der Waals surface area contributed by atoms with Crippen LogP contribution < -0.4 is 5.32 Å². The molecule has 258 valence electrons. The average molecular weight is 675 g/mol. The van der Waals surface area contributed by atoms with E-state index in [0.29, 0.717) is 12.4 Å². The van der Waals surface area contributed by atoms with Crippen LogP contribution in [0.15, 0.2) is 127 Å². The maximum atomic E-state index is 14.3. The van der Waals surface area contributed by atoms with Crippen molar-refractivity contribution in [1.82, 2.24) is 25.1 Å². The number of hydrogen-bond acceptors (Lipinski definition) is 4. The lowest BCUT2D eigenvalue weighted by molar-refractivity contribution is 0.175. The molecule has 7 heteroatoms. The third kappa shape index (κ3) is 6.93. The molecule has 6 aromatic rings. The van der Waals surface area contributed by atoms with E-state index in [0.717, 1.165) is 70.3 Å². The summed E-state index contributed by atoms with van der Waals surface area (Å²) in [6.45, 7) is 6.71. The Morgan fingerprint density at radius 2 is 1.27 bits per heavy atom. The second kappa shape index (κ2) is 15.1. The molecule has 2 amide bonds. The van der Waals surface area contributed by atoms with Crippen LogP contribution in [0.25, 0.3) is 11.4 Å². The van der Waals surface area contributed by atoms with Gasteiger partial charge in [-0.25, -0.2) is 9.48 Å². The number of nitrogens with one attached hydrogen (secondary N) is 1. The highest BCUT2D eigenvalue weighted by molar-refractivity contribution is 5.91. The Hall–Kier alpha value is -5.56. The quantitative estimate of drug-likeness (QED) is 0.122. The fraction of sp³-hybridized carbons (Fsp3) is 0.273. The Morgan fingerprint density at radius 1 is 0.725 bits per heavy atom. The molecule has 0 radical (unpaired) electrons. The predicted octanol–water partition coefficient (Wildman–Crippen LogP) is 9.86. The highest BCUT2D eigenvalue weighted by Crippen LogP contribution is 2.42. The zero-order valence-electron chi connectivity index (χ0n) is 29.8. The van der Waals surface area contributed by atoms with Crippen LogP contribution in [0.4, 0.5) is 10.5 Å². The second-order valence-electron chi connectivity index (χ2n) is 13.9. The van der Waals surface area contributed by atoms with E-state index in [4.69, 9.17) is 5.21 Å². The van der Waals surface area contributed by atoms with Crippen LogP contribution in [-0.4, -0.2) is 37.2 Å². The van der Waals surface area contributed by atoms with Gasteiger partial charge in [-0.15, -0.1) is 5.10 Å². The molecule has 0 saturated heterocycles. The minimum Gasteiger partial charge on any atom is -0.317 e. The standard InChI is InChI=1S/C44H46N6O/c1-32-28-33(2)41(34(3)29-32)45-43(51)49(40-26-15-4-5-16-27-40)31-35-18-17-19-36(30-35)42-46-47-48-50(42)44(37-20-9-6-10-21-37,38-22-11-7-12-23-38)39-24-13-8-14-25-39/h6-14,17-25,28-30,40H,4-5,15-16,26-27,31H2,1-3H3,(H,45,51). The van der Waals surface area contributed by atoms with E-state index in [-0.39, 0.29) is 12.1 Å². The number of nitrogens with zero attached hydrogens (tertiary/aromatic N) is 5. The first kappa shape index (κ1) is 33.9. The summed E-state index contributed by atoms with van der Waals surface area (Å²) < 4.78 is 1.96. The largest absolute Gasteiger partial charge is 0.322 e. The summed E-state index contributed by atoms with van der Waals surface area (Å²) in [4.78, 5) is 16.3. The highest BCUT2D eigenvalue weighted by atomic mass is 16.2. The predicted molar refractivity (Wildman–Crippen MR) is 205 cm³/mol. The lowest BCUT2D eigenvalue weighted by atomic mass is 9.77. The molecule has 1 saturated carbocycles. The van der Waals surface area contributed by atoms with Gasteiger partial charge < -0.3 is 10.2 Å². The van der Waals surface area contributed by atoms with E-state index in [1.807, 2.05) is 22.9 Å². The van der Waals surface area contributed by atoms with Crippen molar-refractivity contribution in [1.29, 1.82) is 0 Å². The molecule has 7 nitrogen and oxygen atoms in total. The molecule has 51 heavy (non-hydrogen) atoms. The Bertz CT molecular complexity index is 1950. The summed E-state index contributed by atoms with van der Waals surface area (Å²) in [5.74, 6) is 0.643. The van der Waals surface area contributed by atoms with Gasteiger partial charge in [0.25, 0.3) is 0 Å². The minimum atomic E-state index is -0.853. The number of aryl methyl sites for hydroxylation is 3. The van der Waals surface area contributed by atoms with Crippen LogP contribution in [0.5, 0.6) is 0 Å². The van der Waals surface area contributed by atoms with Gasteiger partial charge in [0.2, 0.25) is 0 Å².